The molecular formula is C48H82N6O9. The van der Waals surface area contributed by atoms with Crippen LogP contribution in [0.3, 0.4) is 0 Å². The number of ether oxygens (including phenoxy) is 2. The quantitative estimate of drug-likeness (QED) is 0.0808. The van der Waals surface area contributed by atoms with Gasteiger partial charge < -0.3 is 41.4 Å². The first kappa shape index (κ1) is 56.3. The number of hydrogen-bond acceptors (Lipinski definition) is 9. The Kier molecular flexibility index (Phi) is 18.7. The second-order valence-electron chi connectivity index (χ2n) is 21.1. The van der Waals surface area contributed by atoms with E-state index in [1.165, 1.54) is 0 Å². The highest BCUT2D eigenvalue weighted by molar-refractivity contribution is 6.02. The van der Waals surface area contributed by atoms with Crippen LogP contribution in [0.1, 0.15) is 151 Å². The fourth-order valence-corrected chi connectivity index (χ4v) is 5.93. The number of carbonyl (C=O) groups is 7. The van der Waals surface area contributed by atoms with Crippen molar-refractivity contribution in [3.05, 3.63) is 35.9 Å². The summed E-state index contributed by atoms with van der Waals surface area (Å²) in [4.78, 5) is 98.6. The van der Waals surface area contributed by atoms with Gasteiger partial charge in [-0.05, 0) is 103 Å². The molecule has 1 aromatic carbocycles. The molecule has 0 aliphatic rings. The van der Waals surface area contributed by atoms with Gasteiger partial charge in [-0.1, -0.05) is 113 Å². The van der Waals surface area contributed by atoms with Gasteiger partial charge in [-0.25, -0.2) is 9.59 Å². The number of benzene rings is 1. The van der Waals surface area contributed by atoms with Crippen molar-refractivity contribution in [1.29, 1.82) is 0 Å². The third-order valence-electron chi connectivity index (χ3n) is 13.6. The highest BCUT2D eigenvalue weighted by Crippen LogP contribution is 2.30. The molecule has 15 nitrogen and oxygen atoms in total. The first-order valence-corrected chi connectivity index (χ1v) is 22.3. The topological polar surface area (TPSA) is 210 Å². The zero-order chi connectivity index (χ0) is 49.5. The Morgan fingerprint density at radius 2 is 0.667 bits per heavy atom. The lowest BCUT2D eigenvalue weighted by Gasteiger charge is -2.45. The van der Waals surface area contributed by atoms with Gasteiger partial charge in [0.1, 0.15) is 45.4 Å². The van der Waals surface area contributed by atoms with E-state index in [1.807, 2.05) is 18.2 Å². The number of carbonyl (C=O) groups excluding carboxylic acids is 7. The third-order valence-corrected chi connectivity index (χ3v) is 13.6. The van der Waals surface area contributed by atoms with Crippen molar-refractivity contribution >= 4 is 41.6 Å². The Morgan fingerprint density at radius 1 is 0.413 bits per heavy atom. The summed E-state index contributed by atoms with van der Waals surface area (Å²) in [6.45, 7) is 35.7. The molecule has 0 aliphatic carbocycles. The van der Waals surface area contributed by atoms with Gasteiger partial charge in [0.2, 0.25) is 29.5 Å². The predicted octanol–water partition coefficient (Wildman–Crippen LogP) is 6.32. The van der Waals surface area contributed by atoms with E-state index < -0.39 is 110 Å². The van der Waals surface area contributed by atoms with Gasteiger partial charge in [0.05, 0.1) is 0 Å². The van der Waals surface area contributed by atoms with Gasteiger partial charge in [-0.15, -0.1) is 0 Å². The molecule has 6 amide bonds. The molecule has 63 heavy (non-hydrogen) atoms. The highest BCUT2D eigenvalue weighted by Gasteiger charge is 2.53. The molecule has 1 aromatic rings. The van der Waals surface area contributed by atoms with Crippen LogP contribution in [0, 0.1) is 35.5 Å². The minimum Gasteiger partial charge on any atom is -0.458 e. The number of amides is 6. The SMILES string of the molecule is CC(C)[C@](C)(NC(=O)OCc1ccccc1)C(=O)N[C@](C)(C(=O)N[C@](C)(C(=O)N[C@](C)(C(=O)N[C@](C)(C(=O)N[C@](C)(C(=O)OC(C)(C)C)C(C)C)C(C)C)C(C)C)C(C)C)C(C)C. The molecule has 358 valence electrons. The van der Waals surface area contributed by atoms with Crippen LogP contribution in [0.4, 0.5) is 4.79 Å². The monoisotopic (exact) mass is 887 g/mol. The molecule has 0 heterocycles. The van der Waals surface area contributed by atoms with Gasteiger partial charge in [0.15, 0.2) is 0 Å². The lowest BCUT2D eigenvalue weighted by molar-refractivity contribution is -0.167. The summed E-state index contributed by atoms with van der Waals surface area (Å²) in [6, 6.07) is 9.09. The number of alkyl carbamates (subject to hydrolysis) is 1. The summed E-state index contributed by atoms with van der Waals surface area (Å²) in [5.41, 5.74) is -9.45. The highest BCUT2D eigenvalue weighted by atomic mass is 16.6. The minimum absolute atomic E-state index is 0.0119. The molecule has 1 rings (SSSR count). The summed E-state index contributed by atoms with van der Waals surface area (Å²) in [6.07, 6.45) is -0.814. The van der Waals surface area contributed by atoms with E-state index in [2.05, 4.69) is 31.9 Å². The van der Waals surface area contributed by atoms with Gasteiger partial charge in [0.25, 0.3) is 0 Å². The summed E-state index contributed by atoms with van der Waals surface area (Å²) >= 11 is 0. The Hall–Kier alpha value is -4.69. The van der Waals surface area contributed by atoms with E-state index in [0.29, 0.717) is 0 Å². The Labute approximate surface area is 377 Å². The summed E-state index contributed by atoms with van der Waals surface area (Å²) in [5, 5.41) is 17.2. The van der Waals surface area contributed by atoms with Crippen molar-refractivity contribution in [2.75, 3.05) is 0 Å². The maximum absolute atomic E-state index is 14.6. The van der Waals surface area contributed by atoms with Crippen molar-refractivity contribution in [2.24, 2.45) is 35.5 Å². The molecule has 0 fully saturated rings. The molecule has 6 atom stereocenters. The second-order valence-corrected chi connectivity index (χ2v) is 21.1. The van der Waals surface area contributed by atoms with Crippen molar-refractivity contribution in [3.63, 3.8) is 0 Å². The van der Waals surface area contributed by atoms with Crippen molar-refractivity contribution in [3.8, 4) is 0 Å². The normalized spacial score (nSPS) is 17.8. The fourth-order valence-electron chi connectivity index (χ4n) is 5.93. The summed E-state index contributed by atoms with van der Waals surface area (Å²) in [5.74, 6) is -6.80. The van der Waals surface area contributed by atoms with Crippen LogP contribution in [-0.4, -0.2) is 80.4 Å². The van der Waals surface area contributed by atoms with E-state index in [4.69, 9.17) is 9.47 Å². The van der Waals surface area contributed by atoms with E-state index in [0.717, 1.165) is 5.56 Å². The Morgan fingerprint density at radius 3 is 0.921 bits per heavy atom. The molecule has 0 bridgehead atoms. The second kappa shape index (κ2) is 20.9. The lowest BCUT2D eigenvalue weighted by Crippen LogP contribution is -2.74. The molecule has 15 heteroatoms. The standard InChI is InChI=1S/C48H82N6O9/c1-28(2)43(16,50-37(57)45(18,30(5)6)52-39(59)47(20,32(9)10)54-41(61)62-27-34-25-23-22-24-26-34)35(55)49-44(17,29(3)4)36(56)51-46(19,31(7)8)38(58)53-48(21,33(11)12)40(60)63-42(13,14)15/h22-26,28-33H,27H2,1-21H3,(H,49,55)(H,50,57)(H,51,56)(H,52,59)(H,53,58)(H,54,61)/t43-,44-,45-,46-,47-,48-/m0/s1. The first-order valence-electron chi connectivity index (χ1n) is 22.3. The summed E-state index contributed by atoms with van der Waals surface area (Å²) < 4.78 is 11.1. The van der Waals surface area contributed by atoms with Crippen molar-refractivity contribution in [1.82, 2.24) is 31.9 Å². The van der Waals surface area contributed by atoms with Gasteiger partial charge in [0, 0.05) is 0 Å². The van der Waals surface area contributed by atoms with E-state index >= 15 is 0 Å². The average Bonchev–Trinajstić information content (AvgIpc) is 3.15. The van der Waals surface area contributed by atoms with Crippen LogP contribution in [0.2, 0.25) is 0 Å². The molecule has 0 aliphatic heterocycles. The molecule has 0 saturated carbocycles. The lowest BCUT2D eigenvalue weighted by atomic mass is 9.79. The average molecular weight is 887 g/mol. The Bertz CT molecular complexity index is 1810. The Balaban J connectivity index is 3.51. The molecule has 0 spiro atoms. The molecule has 0 radical (unpaired) electrons. The number of rotatable bonds is 20. The van der Waals surface area contributed by atoms with Crippen LogP contribution in [0.25, 0.3) is 0 Å². The number of hydrogen-bond donors (Lipinski definition) is 6. The van der Waals surface area contributed by atoms with Crippen LogP contribution in [0.15, 0.2) is 30.3 Å². The molecule has 0 aromatic heterocycles. The van der Waals surface area contributed by atoms with E-state index in [-0.39, 0.29) is 12.5 Å². The van der Waals surface area contributed by atoms with Crippen LogP contribution < -0.4 is 31.9 Å². The van der Waals surface area contributed by atoms with E-state index in [1.54, 1.807) is 158 Å². The van der Waals surface area contributed by atoms with E-state index in [9.17, 15) is 33.6 Å². The maximum atomic E-state index is 14.6. The number of nitrogens with one attached hydrogen (secondary N) is 6. The van der Waals surface area contributed by atoms with Gasteiger partial charge >= 0.3 is 12.1 Å². The van der Waals surface area contributed by atoms with Crippen LogP contribution in [-0.2, 0) is 44.8 Å². The van der Waals surface area contributed by atoms with Crippen LogP contribution >= 0.6 is 0 Å². The third kappa shape index (κ3) is 13.2. The molecular weight excluding hydrogens is 805 g/mol. The largest absolute Gasteiger partial charge is 0.458 e. The van der Waals surface area contributed by atoms with Gasteiger partial charge in [-0.3, -0.25) is 24.0 Å². The zero-order valence-electron chi connectivity index (χ0n) is 42.2. The maximum Gasteiger partial charge on any atom is 0.408 e. The van der Waals surface area contributed by atoms with Crippen molar-refractivity contribution < 1.29 is 43.0 Å². The molecule has 0 saturated heterocycles. The first-order chi connectivity index (χ1) is 28.4. The van der Waals surface area contributed by atoms with Gasteiger partial charge in [-0.2, -0.15) is 0 Å². The molecule has 6 N–H and O–H groups in total. The predicted molar refractivity (Wildman–Crippen MR) is 246 cm³/mol. The zero-order valence-corrected chi connectivity index (χ0v) is 42.2. The minimum atomic E-state index is -1.64. The van der Waals surface area contributed by atoms with Crippen LogP contribution in [0.5, 0.6) is 0 Å². The fraction of sp³-hybridized carbons (Fsp3) is 0.729. The smallest absolute Gasteiger partial charge is 0.408 e. The number of esters is 1. The molecule has 0 unspecified atom stereocenters. The summed E-state index contributed by atoms with van der Waals surface area (Å²) in [7, 11) is 0. The van der Waals surface area contributed by atoms with Crippen molar-refractivity contribution in [2.45, 2.75) is 191 Å².